The predicted molar refractivity (Wildman–Crippen MR) is 123 cm³/mol. The van der Waals surface area contributed by atoms with Gasteiger partial charge in [0.2, 0.25) is 5.91 Å². The van der Waals surface area contributed by atoms with Crippen molar-refractivity contribution in [1.29, 1.82) is 0 Å². The number of carbonyl (C=O) groups is 1. The maximum atomic E-state index is 10.7. The highest BCUT2D eigenvalue weighted by Crippen LogP contribution is 2.70. The molecule has 0 atom stereocenters. The first-order chi connectivity index (χ1) is 13.8. The molecule has 0 saturated carbocycles. The standard InChI is InChI=1S/C9H8S.C6H13NO.C4H12O6P2/c1-2-6-9-8(4-1)5-3-7-10-9;1-3-5-7-6(8)4-2;1-3-4(2,11(5,6)7)12(8,9)10/h1-6H,7H2;3-5H2,1-2H3,(H,7,8);3H2,1-2H3,(H2,5,6,7)(H2,8,9,10). The minimum Gasteiger partial charge on any atom is -0.356 e. The molecule has 0 spiro atoms. The zero-order valence-corrected chi connectivity index (χ0v) is 20.4. The summed E-state index contributed by atoms with van der Waals surface area (Å²) in [4.78, 5) is 44.4. The third-order valence-corrected chi connectivity index (χ3v) is 10.1. The minimum atomic E-state index is -4.77. The van der Waals surface area contributed by atoms with E-state index in [2.05, 4.69) is 41.7 Å². The summed E-state index contributed by atoms with van der Waals surface area (Å²) < 4.78 is 21.5. The fourth-order valence-electron chi connectivity index (χ4n) is 2.03. The highest BCUT2D eigenvalue weighted by atomic mass is 32.2. The molecular formula is C19H33NO7P2S. The number of rotatable bonds is 6. The molecule has 0 fully saturated rings. The second kappa shape index (κ2) is 13.5. The summed E-state index contributed by atoms with van der Waals surface area (Å²) in [6, 6.07) is 8.49. The second-order valence-electron chi connectivity index (χ2n) is 6.61. The fraction of sp³-hybridized carbons (Fsp3) is 0.526. The summed E-state index contributed by atoms with van der Waals surface area (Å²) >= 11 is 1.90. The van der Waals surface area contributed by atoms with Crippen molar-refractivity contribution < 1.29 is 33.5 Å². The van der Waals surface area contributed by atoms with Gasteiger partial charge in [0, 0.05) is 23.6 Å². The zero-order valence-electron chi connectivity index (χ0n) is 17.8. The number of hydrogen-bond donors (Lipinski definition) is 5. The Balaban J connectivity index is 0.000000429. The Morgan fingerprint density at radius 2 is 1.67 bits per heavy atom. The number of thioether (sulfide) groups is 1. The van der Waals surface area contributed by atoms with E-state index in [-0.39, 0.29) is 12.3 Å². The van der Waals surface area contributed by atoms with Crippen molar-refractivity contribution in [2.24, 2.45) is 0 Å². The van der Waals surface area contributed by atoms with E-state index >= 15 is 0 Å². The number of amides is 1. The molecule has 1 aliphatic heterocycles. The SMILES string of the molecule is C1=Cc2ccccc2SC1.CCC(C)(P(=O)(O)O)P(=O)(O)O.CCCNC(=O)CC. The molecule has 8 nitrogen and oxygen atoms in total. The highest BCUT2D eigenvalue weighted by molar-refractivity contribution is 7.99. The maximum absolute atomic E-state index is 10.7. The lowest BCUT2D eigenvalue weighted by molar-refractivity contribution is -0.120. The van der Waals surface area contributed by atoms with E-state index < -0.39 is 20.1 Å². The molecule has 11 heteroatoms. The highest BCUT2D eigenvalue weighted by Gasteiger charge is 2.54. The molecule has 0 aliphatic carbocycles. The van der Waals surface area contributed by atoms with E-state index in [0.29, 0.717) is 6.42 Å². The Labute approximate surface area is 182 Å². The lowest BCUT2D eigenvalue weighted by Crippen LogP contribution is -2.23. The second-order valence-corrected chi connectivity index (χ2v) is 12.2. The molecule has 1 aliphatic rings. The molecule has 30 heavy (non-hydrogen) atoms. The molecule has 5 N–H and O–H groups in total. The molecule has 0 bridgehead atoms. The fourth-order valence-corrected chi connectivity index (χ4v) is 5.06. The molecule has 0 saturated heterocycles. The summed E-state index contributed by atoms with van der Waals surface area (Å²) in [5, 5.41) is 2.74. The van der Waals surface area contributed by atoms with E-state index in [4.69, 9.17) is 19.6 Å². The molecule has 172 valence electrons. The number of carbonyl (C=O) groups excluding carboxylic acids is 1. The number of nitrogens with one attached hydrogen (secondary N) is 1. The van der Waals surface area contributed by atoms with Gasteiger partial charge in [-0.05, 0) is 31.4 Å². The molecule has 2 rings (SSSR count). The van der Waals surface area contributed by atoms with Crippen LogP contribution in [0.5, 0.6) is 0 Å². The van der Waals surface area contributed by atoms with Crippen LogP contribution in [0.3, 0.4) is 0 Å². The first-order valence-electron chi connectivity index (χ1n) is 9.60. The van der Waals surface area contributed by atoms with E-state index in [1.54, 1.807) is 0 Å². The summed E-state index contributed by atoms with van der Waals surface area (Å²) in [5.41, 5.74) is 1.36. The van der Waals surface area contributed by atoms with Crippen LogP contribution in [-0.4, -0.2) is 42.7 Å². The van der Waals surface area contributed by atoms with Crippen LogP contribution < -0.4 is 5.32 Å². The average Bonchev–Trinajstić information content (AvgIpc) is 2.70. The van der Waals surface area contributed by atoms with Gasteiger partial charge in [-0.1, -0.05) is 51.1 Å². The molecular weight excluding hydrogens is 448 g/mol. The van der Waals surface area contributed by atoms with Gasteiger partial charge in [0.05, 0.1) is 0 Å². The quantitative estimate of drug-likeness (QED) is 0.380. The number of hydrogen-bond acceptors (Lipinski definition) is 4. The van der Waals surface area contributed by atoms with Crippen LogP contribution in [0.4, 0.5) is 0 Å². The van der Waals surface area contributed by atoms with E-state index in [1.807, 2.05) is 25.6 Å². The van der Waals surface area contributed by atoms with Crippen LogP contribution in [0, 0.1) is 0 Å². The van der Waals surface area contributed by atoms with Gasteiger partial charge in [0.25, 0.3) is 0 Å². The van der Waals surface area contributed by atoms with Crippen LogP contribution in [0.1, 0.15) is 52.5 Å². The van der Waals surface area contributed by atoms with Crippen molar-refractivity contribution in [3.05, 3.63) is 35.9 Å². The van der Waals surface area contributed by atoms with Crippen LogP contribution in [0.25, 0.3) is 6.08 Å². The largest absolute Gasteiger partial charge is 0.356 e. The van der Waals surface area contributed by atoms with Gasteiger partial charge in [-0.2, -0.15) is 0 Å². The molecule has 0 radical (unpaired) electrons. The number of benzene rings is 1. The predicted octanol–water partition coefficient (Wildman–Crippen LogP) is 4.20. The molecule has 0 unspecified atom stereocenters. The molecule has 1 aromatic rings. The van der Waals surface area contributed by atoms with Gasteiger partial charge >= 0.3 is 15.2 Å². The summed E-state index contributed by atoms with van der Waals surface area (Å²) in [6.45, 7) is 6.90. The first kappa shape index (κ1) is 29.1. The van der Waals surface area contributed by atoms with Gasteiger partial charge in [-0.25, -0.2) is 0 Å². The lowest BCUT2D eigenvalue weighted by Gasteiger charge is -2.29. The topological polar surface area (TPSA) is 144 Å². The van der Waals surface area contributed by atoms with Crippen LogP contribution in [-0.2, 0) is 13.9 Å². The summed E-state index contributed by atoms with van der Waals surface area (Å²) in [6.07, 6.45) is 5.73. The van der Waals surface area contributed by atoms with Crippen molar-refractivity contribution in [3.63, 3.8) is 0 Å². The van der Waals surface area contributed by atoms with Gasteiger partial charge < -0.3 is 24.9 Å². The van der Waals surface area contributed by atoms with Crippen molar-refractivity contribution in [3.8, 4) is 0 Å². The van der Waals surface area contributed by atoms with Crippen LogP contribution >= 0.6 is 27.0 Å². The third kappa shape index (κ3) is 9.48. The summed E-state index contributed by atoms with van der Waals surface area (Å²) in [7, 11) is -9.54. The zero-order chi connectivity index (χ0) is 23.4. The van der Waals surface area contributed by atoms with E-state index in [9.17, 15) is 13.9 Å². The lowest BCUT2D eigenvalue weighted by atomic mass is 10.2. The Kier molecular flexibility index (Phi) is 13.1. The summed E-state index contributed by atoms with van der Waals surface area (Å²) in [5.74, 6) is 1.27. The molecule has 1 heterocycles. The maximum Gasteiger partial charge on any atom is 0.343 e. The molecule has 1 aromatic carbocycles. The normalized spacial score (nSPS) is 13.2. The van der Waals surface area contributed by atoms with E-state index in [1.165, 1.54) is 17.4 Å². The first-order valence-corrected chi connectivity index (χ1v) is 13.8. The van der Waals surface area contributed by atoms with Crippen molar-refractivity contribution in [1.82, 2.24) is 5.32 Å². The average molecular weight is 481 g/mol. The van der Waals surface area contributed by atoms with Gasteiger partial charge in [-0.3, -0.25) is 13.9 Å². The van der Waals surface area contributed by atoms with Crippen LogP contribution in [0.2, 0.25) is 0 Å². The van der Waals surface area contributed by atoms with Crippen molar-refractivity contribution >= 4 is 38.9 Å². The minimum absolute atomic E-state index is 0.145. The monoisotopic (exact) mass is 481 g/mol. The Hall–Kier alpha value is -0.920. The van der Waals surface area contributed by atoms with E-state index in [0.717, 1.165) is 25.6 Å². The Morgan fingerprint density at radius 1 is 1.10 bits per heavy atom. The Bertz CT molecular complexity index is 767. The van der Waals surface area contributed by atoms with Gasteiger partial charge in [0.15, 0.2) is 4.90 Å². The smallest absolute Gasteiger partial charge is 0.343 e. The van der Waals surface area contributed by atoms with Gasteiger partial charge in [0.1, 0.15) is 0 Å². The van der Waals surface area contributed by atoms with Crippen molar-refractivity contribution in [2.75, 3.05) is 12.3 Å². The Morgan fingerprint density at radius 3 is 2.07 bits per heavy atom. The third-order valence-electron chi connectivity index (χ3n) is 4.37. The van der Waals surface area contributed by atoms with Gasteiger partial charge in [-0.15, -0.1) is 11.8 Å². The molecule has 1 amide bonds. The number of fused-ring (bicyclic) bond motifs is 1. The van der Waals surface area contributed by atoms with Crippen molar-refractivity contribution in [2.45, 2.75) is 56.8 Å². The molecule has 0 aromatic heterocycles. The van der Waals surface area contributed by atoms with Crippen LogP contribution in [0.15, 0.2) is 35.2 Å².